The second-order valence-corrected chi connectivity index (χ2v) is 5.71. The average Bonchev–Trinajstić information content (AvgIpc) is 3.04. The zero-order valence-electron chi connectivity index (χ0n) is 15.0. The Morgan fingerprint density at radius 3 is 2.73 bits per heavy atom. The van der Waals surface area contributed by atoms with Crippen LogP contribution in [0.25, 0.3) is 11.3 Å². The summed E-state index contributed by atoms with van der Waals surface area (Å²) >= 11 is 0. The lowest BCUT2D eigenvalue weighted by molar-refractivity contribution is 0.0953. The fraction of sp³-hybridized carbons (Fsp3) is 0.412. The minimum absolute atomic E-state index is 0. The number of benzene rings is 1. The molecule has 0 aliphatic heterocycles. The maximum absolute atomic E-state index is 13.6. The van der Waals surface area contributed by atoms with E-state index in [1.165, 1.54) is 25.3 Å². The molecule has 1 amide bonds. The van der Waals surface area contributed by atoms with Crippen molar-refractivity contribution in [1.82, 2.24) is 10.5 Å². The van der Waals surface area contributed by atoms with Crippen LogP contribution in [-0.4, -0.2) is 45.4 Å². The number of carbonyl (C=O) groups excluding carboxylic acids is 1. The van der Waals surface area contributed by atoms with Gasteiger partial charge in [-0.2, -0.15) is 0 Å². The predicted octanol–water partition coefficient (Wildman–Crippen LogP) is 2.45. The van der Waals surface area contributed by atoms with Gasteiger partial charge in [0.1, 0.15) is 5.56 Å². The first-order chi connectivity index (χ1) is 12.0. The summed E-state index contributed by atoms with van der Waals surface area (Å²) in [7, 11) is 4.90. The van der Waals surface area contributed by atoms with Gasteiger partial charge in [0.15, 0.2) is 23.1 Å². The van der Waals surface area contributed by atoms with Gasteiger partial charge in [-0.3, -0.25) is 4.79 Å². The van der Waals surface area contributed by atoms with Crippen LogP contribution < -0.4 is 20.7 Å². The van der Waals surface area contributed by atoms with Crippen molar-refractivity contribution in [2.24, 2.45) is 5.73 Å². The number of nitrogens with zero attached hydrogens (tertiary/aromatic N) is 2. The molecule has 0 fully saturated rings. The number of unbranched alkanes of at least 4 members (excludes halogenated alkanes) is 1. The molecule has 0 aliphatic carbocycles. The Morgan fingerprint density at radius 1 is 1.38 bits per heavy atom. The number of hydrogen-bond acceptors (Lipinski definition) is 6. The first-order valence-corrected chi connectivity index (χ1v) is 7.98. The van der Waals surface area contributed by atoms with Crippen molar-refractivity contribution in [3.8, 4) is 17.1 Å². The molecule has 1 heterocycles. The normalized spacial score (nSPS) is 10.2. The van der Waals surface area contributed by atoms with Crippen molar-refractivity contribution in [3.05, 3.63) is 29.6 Å². The van der Waals surface area contributed by atoms with Gasteiger partial charge in [-0.05, 0) is 37.6 Å². The first kappa shape index (κ1) is 21.7. The van der Waals surface area contributed by atoms with Crippen molar-refractivity contribution in [2.75, 3.05) is 39.2 Å². The van der Waals surface area contributed by atoms with E-state index < -0.39 is 5.82 Å². The summed E-state index contributed by atoms with van der Waals surface area (Å²) in [5.41, 5.74) is 6.26. The summed E-state index contributed by atoms with van der Waals surface area (Å²) < 4.78 is 24.0. The lowest BCUT2D eigenvalue weighted by Gasteiger charge is -2.11. The summed E-state index contributed by atoms with van der Waals surface area (Å²) in [5.74, 6) is -0.0748. The Labute approximate surface area is 158 Å². The molecule has 0 atom stereocenters. The van der Waals surface area contributed by atoms with Crippen molar-refractivity contribution >= 4 is 24.1 Å². The molecule has 0 unspecified atom stereocenters. The summed E-state index contributed by atoms with van der Waals surface area (Å²) in [4.78, 5) is 14.3. The lowest BCUT2D eigenvalue weighted by Crippen LogP contribution is -2.27. The molecule has 0 saturated carbocycles. The van der Waals surface area contributed by atoms with Gasteiger partial charge in [-0.15, -0.1) is 12.4 Å². The molecular weight excluding hydrogens is 363 g/mol. The van der Waals surface area contributed by atoms with Crippen molar-refractivity contribution < 1.29 is 18.4 Å². The van der Waals surface area contributed by atoms with E-state index in [0.29, 0.717) is 30.0 Å². The third-order valence-corrected chi connectivity index (χ3v) is 3.65. The van der Waals surface area contributed by atoms with Gasteiger partial charge in [0.25, 0.3) is 5.91 Å². The van der Waals surface area contributed by atoms with Crippen LogP contribution in [0.15, 0.2) is 22.7 Å². The maximum Gasteiger partial charge on any atom is 0.259 e. The second-order valence-electron chi connectivity index (χ2n) is 5.71. The van der Waals surface area contributed by atoms with Crippen molar-refractivity contribution in [1.29, 1.82) is 0 Å². The molecule has 3 N–H and O–H groups in total. The van der Waals surface area contributed by atoms with Crippen LogP contribution >= 0.6 is 12.4 Å². The van der Waals surface area contributed by atoms with E-state index in [4.69, 9.17) is 15.0 Å². The molecule has 7 nitrogen and oxygen atoms in total. The van der Waals surface area contributed by atoms with E-state index in [9.17, 15) is 9.18 Å². The molecule has 0 spiro atoms. The Hall–Kier alpha value is -2.32. The van der Waals surface area contributed by atoms with Crippen LogP contribution in [0.4, 0.5) is 10.2 Å². The number of amides is 1. The smallest absolute Gasteiger partial charge is 0.259 e. The Morgan fingerprint density at radius 2 is 2.12 bits per heavy atom. The number of ether oxygens (including phenoxy) is 1. The number of rotatable bonds is 8. The van der Waals surface area contributed by atoms with E-state index >= 15 is 0 Å². The van der Waals surface area contributed by atoms with Gasteiger partial charge < -0.3 is 25.2 Å². The molecule has 9 heteroatoms. The minimum atomic E-state index is -0.494. The van der Waals surface area contributed by atoms with Gasteiger partial charge in [0.05, 0.1) is 7.11 Å². The number of aromatic nitrogens is 1. The lowest BCUT2D eigenvalue weighted by atomic mass is 10.1. The quantitative estimate of drug-likeness (QED) is 0.677. The maximum atomic E-state index is 13.6. The summed E-state index contributed by atoms with van der Waals surface area (Å²) in [6, 6.07) is 4.25. The molecule has 1 aromatic carbocycles. The highest BCUT2D eigenvalue weighted by Crippen LogP contribution is 2.33. The fourth-order valence-electron chi connectivity index (χ4n) is 2.35. The van der Waals surface area contributed by atoms with Crippen LogP contribution in [0.3, 0.4) is 0 Å². The van der Waals surface area contributed by atoms with Crippen LogP contribution in [0.2, 0.25) is 0 Å². The molecule has 2 aromatic rings. The molecule has 26 heavy (non-hydrogen) atoms. The molecule has 0 radical (unpaired) electrons. The fourth-order valence-corrected chi connectivity index (χ4v) is 2.35. The van der Waals surface area contributed by atoms with Gasteiger partial charge in [-0.25, -0.2) is 4.39 Å². The SMILES string of the molecule is COc1cc(-c2onc(N(C)C)c2C(=O)NCCCCN)ccc1F.Cl. The van der Waals surface area contributed by atoms with Crippen molar-refractivity contribution in [2.45, 2.75) is 12.8 Å². The van der Waals surface area contributed by atoms with E-state index in [-0.39, 0.29) is 29.8 Å². The molecule has 0 saturated heterocycles. The standard InChI is InChI=1S/C17H23FN4O3.ClH/c1-22(2)16-14(17(23)20-9-5-4-8-19)15(25-21-16)11-6-7-12(18)13(10-11)24-3;/h6-7,10H,4-5,8-9,19H2,1-3H3,(H,20,23);1H. The number of nitrogens with one attached hydrogen (secondary N) is 1. The second kappa shape index (κ2) is 9.98. The Bertz CT molecular complexity index is 737. The molecule has 144 valence electrons. The molecular formula is C17H24ClFN4O3. The average molecular weight is 387 g/mol. The van der Waals surface area contributed by atoms with Crippen LogP contribution in [0.5, 0.6) is 5.75 Å². The molecule has 2 rings (SSSR count). The third-order valence-electron chi connectivity index (χ3n) is 3.65. The molecule has 1 aromatic heterocycles. The van der Waals surface area contributed by atoms with Gasteiger partial charge >= 0.3 is 0 Å². The number of halogens is 2. The number of anilines is 1. The zero-order chi connectivity index (χ0) is 18.4. The van der Waals surface area contributed by atoms with E-state index in [2.05, 4.69) is 10.5 Å². The highest BCUT2D eigenvalue weighted by Gasteiger charge is 2.25. The van der Waals surface area contributed by atoms with Crippen LogP contribution in [-0.2, 0) is 0 Å². The largest absolute Gasteiger partial charge is 0.494 e. The third kappa shape index (κ3) is 4.86. The monoisotopic (exact) mass is 386 g/mol. The highest BCUT2D eigenvalue weighted by atomic mass is 35.5. The number of nitrogens with two attached hydrogens (primary N) is 1. The Balaban J connectivity index is 0.00000338. The van der Waals surface area contributed by atoms with E-state index in [1.807, 2.05) is 0 Å². The number of carbonyl (C=O) groups is 1. The van der Waals surface area contributed by atoms with Crippen molar-refractivity contribution in [3.63, 3.8) is 0 Å². The van der Waals surface area contributed by atoms with E-state index in [0.717, 1.165) is 12.8 Å². The zero-order valence-corrected chi connectivity index (χ0v) is 15.9. The molecule has 0 bridgehead atoms. The summed E-state index contributed by atoms with van der Waals surface area (Å²) in [5, 5.41) is 6.81. The topological polar surface area (TPSA) is 93.6 Å². The van der Waals surface area contributed by atoms with Gasteiger partial charge in [0, 0.05) is 26.2 Å². The number of methoxy groups -OCH3 is 1. The van der Waals surface area contributed by atoms with Gasteiger partial charge in [-0.1, -0.05) is 5.16 Å². The van der Waals surface area contributed by atoms with E-state index in [1.54, 1.807) is 19.0 Å². The minimum Gasteiger partial charge on any atom is -0.494 e. The van der Waals surface area contributed by atoms with Crippen LogP contribution in [0.1, 0.15) is 23.2 Å². The van der Waals surface area contributed by atoms with Crippen LogP contribution in [0, 0.1) is 5.82 Å². The summed E-state index contributed by atoms with van der Waals surface area (Å²) in [6.45, 7) is 1.08. The first-order valence-electron chi connectivity index (χ1n) is 7.98. The predicted molar refractivity (Wildman–Crippen MR) is 101 cm³/mol. The Kier molecular flexibility index (Phi) is 8.34. The van der Waals surface area contributed by atoms with Gasteiger partial charge in [0.2, 0.25) is 0 Å². The number of hydrogen-bond donors (Lipinski definition) is 2. The highest BCUT2D eigenvalue weighted by molar-refractivity contribution is 6.04. The summed E-state index contributed by atoms with van der Waals surface area (Å²) in [6.07, 6.45) is 1.61. The molecule has 0 aliphatic rings.